The molecule has 0 unspecified atom stereocenters. The highest BCUT2D eigenvalue weighted by Crippen LogP contribution is 2.21. The number of fused-ring (bicyclic) bond motifs is 2. The van der Waals surface area contributed by atoms with Crippen molar-refractivity contribution in [3.63, 3.8) is 0 Å². The number of carbonyl (C=O) groups is 2. The molecule has 0 saturated carbocycles. The monoisotopic (exact) mass is 438 g/mol. The molecule has 3 aromatic rings. The highest BCUT2D eigenvalue weighted by Gasteiger charge is 2.21. The van der Waals surface area contributed by atoms with Gasteiger partial charge in [-0.2, -0.15) is 0 Å². The quantitative estimate of drug-likeness (QED) is 0.377. The van der Waals surface area contributed by atoms with E-state index in [0.29, 0.717) is 23.9 Å². The number of anilines is 1. The van der Waals surface area contributed by atoms with Crippen LogP contribution in [0.3, 0.4) is 0 Å². The molecule has 0 fully saturated rings. The highest BCUT2D eigenvalue weighted by molar-refractivity contribution is 5.81. The Balaban J connectivity index is 1.24. The normalized spacial score (nSPS) is 13.9. The van der Waals surface area contributed by atoms with Crippen molar-refractivity contribution >= 4 is 28.8 Å². The van der Waals surface area contributed by atoms with Crippen LogP contribution in [-0.2, 0) is 22.4 Å². The number of nitrogens with zero attached hydrogens (tertiary/aromatic N) is 1. The molecule has 1 aromatic carbocycles. The number of oxazole rings is 1. The number of nitrogens with one attached hydrogen (secondary N) is 3. The number of aryl methyl sites for hydroxylation is 2. The van der Waals surface area contributed by atoms with E-state index in [4.69, 9.17) is 4.42 Å². The lowest BCUT2D eigenvalue weighted by Gasteiger charge is -2.17. The van der Waals surface area contributed by atoms with Crippen LogP contribution in [0.1, 0.15) is 48.4 Å². The zero-order valence-electron chi connectivity index (χ0n) is 17.6. The zero-order chi connectivity index (χ0) is 22.5. The van der Waals surface area contributed by atoms with Gasteiger partial charge in [-0.3, -0.25) is 14.6 Å². The number of H-pyrrole nitrogens is 1. The smallest absolute Gasteiger partial charge is 0.417 e. The van der Waals surface area contributed by atoms with E-state index in [1.807, 2.05) is 6.07 Å². The molecule has 4 N–H and O–H groups in total. The molecule has 3 heterocycles. The molecular formula is C23H26N4O5. The second-order valence-corrected chi connectivity index (χ2v) is 8.01. The summed E-state index contributed by atoms with van der Waals surface area (Å²) in [7, 11) is 0. The van der Waals surface area contributed by atoms with E-state index in [-0.39, 0.29) is 18.0 Å². The Kier molecular flexibility index (Phi) is 6.53. The van der Waals surface area contributed by atoms with Crippen LogP contribution >= 0.6 is 0 Å². The number of aromatic amines is 1. The summed E-state index contributed by atoms with van der Waals surface area (Å²) in [6.07, 6.45) is 4.81. The summed E-state index contributed by atoms with van der Waals surface area (Å²) in [5.41, 5.74) is 3.51. The fraction of sp³-hybridized carbons (Fsp3) is 0.391. The Hall–Kier alpha value is -3.62. The van der Waals surface area contributed by atoms with Gasteiger partial charge in [0.05, 0.1) is 11.4 Å². The number of carboxylic acids is 1. The van der Waals surface area contributed by atoms with Gasteiger partial charge in [0.1, 0.15) is 5.82 Å². The van der Waals surface area contributed by atoms with E-state index in [2.05, 4.69) is 26.7 Å². The van der Waals surface area contributed by atoms with Crippen molar-refractivity contribution in [2.45, 2.75) is 44.4 Å². The van der Waals surface area contributed by atoms with E-state index in [9.17, 15) is 19.5 Å². The number of pyridine rings is 1. The van der Waals surface area contributed by atoms with Gasteiger partial charge in [0.15, 0.2) is 5.58 Å². The van der Waals surface area contributed by atoms with Crippen molar-refractivity contribution in [3.05, 3.63) is 57.7 Å². The fourth-order valence-electron chi connectivity index (χ4n) is 3.93. The van der Waals surface area contributed by atoms with Crippen molar-refractivity contribution in [2.75, 3.05) is 18.4 Å². The molecule has 4 rings (SSSR count). The molecule has 2 aromatic heterocycles. The molecule has 1 aliphatic rings. The number of benzene rings is 1. The molecule has 168 valence electrons. The second kappa shape index (κ2) is 9.67. The van der Waals surface area contributed by atoms with Gasteiger partial charge in [-0.25, -0.2) is 9.78 Å². The summed E-state index contributed by atoms with van der Waals surface area (Å²) < 4.78 is 5.00. The number of rotatable bonds is 9. The average Bonchev–Trinajstić information content (AvgIpc) is 3.16. The number of hydrogen-bond acceptors (Lipinski definition) is 6. The Morgan fingerprint density at radius 1 is 1.22 bits per heavy atom. The number of aromatic nitrogens is 2. The first-order valence-corrected chi connectivity index (χ1v) is 10.8. The van der Waals surface area contributed by atoms with Gasteiger partial charge in [0.2, 0.25) is 5.91 Å². The van der Waals surface area contributed by atoms with Crippen LogP contribution in [0.2, 0.25) is 0 Å². The van der Waals surface area contributed by atoms with E-state index in [1.54, 1.807) is 12.1 Å². The third-order valence-corrected chi connectivity index (χ3v) is 5.69. The summed E-state index contributed by atoms with van der Waals surface area (Å²) in [4.78, 5) is 42.4. The molecule has 32 heavy (non-hydrogen) atoms. The number of carboxylic acid groups (broad SMARTS) is 1. The maximum absolute atomic E-state index is 12.2. The number of unbranched alkanes of at least 4 members (excludes halogenated alkanes) is 1. The van der Waals surface area contributed by atoms with Crippen LogP contribution < -0.4 is 16.4 Å². The van der Waals surface area contributed by atoms with E-state index >= 15 is 0 Å². The molecule has 1 atom stereocenters. The Bertz CT molecular complexity index is 1180. The summed E-state index contributed by atoms with van der Waals surface area (Å²) in [5.74, 6) is -1.81. The van der Waals surface area contributed by atoms with Crippen molar-refractivity contribution in [1.29, 1.82) is 0 Å². The first-order valence-electron chi connectivity index (χ1n) is 10.8. The van der Waals surface area contributed by atoms with Crippen molar-refractivity contribution in [2.24, 2.45) is 0 Å². The standard InChI is InChI=1S/C23H26N4O5/c28-20(6-2-1-5-16-9-7-14-4-3-11-24-21(14)26-16)25-13-17(22(29)30)15-8-10-18-19(12-15)32-23(31)27-18/h7-10,12,17H,1-6,11,13H2,(H,24,26)(H,25,28)(H,27,31)(H,29,30)/t17-/m1/s1. The summed E-state index contributed by atoms with van der Waals surface area (Å²) in [6.45, 7) is 0.917. The first kappa shape index (κ1) is 21.6. The molecule has 9 heteroatoms. The van der Waals surface area contributed by atoms with Crippen LogP contribution in [-0.4, -0.2) is 40.0 Å². The largest absolute Gasteiger partial charge is 0.481 e. The van der Waals surface area contributed by atoms with Crippen LogP contribution in [0.4, 0.5) is 5.82 Å². The zero-order valence-corrected chi connectivity index (χ0v) is 17.6. The second-order valence-electron chi connectivity index (χ2n) is 8.01. The van der Waals surface area contributed by atoms with Gasteiger partial charge >= 0.3 is 11.7 Å². The number of hydrogen-bond donors (Lipinski definition) is 4. The molecule has 1 aliphatic heterocycles. The van der Waals surface area contributed by atoms with Crippen molar-refractivity contribution < 1.29 is 19.1 Å². The van der Waals surface area contributed by atoms with Gasteiger partial charge in [-0.05, 0) is 61.4 Å². The van der Waals surface area contributed by atoms with Gasteiger partial charge in [0, 0.05) is 25.2 Å². The van der Waals surface area contributed by atoms with Crippen molar-refractivity contribution in [1.82, 2.24) is 15.3 Å². The van der Waals surface area contributed by atoms with Crippen molar-refractivity contribution in [3.8, 4) is 0 Å². The molecule has 9 nitrogen and oxygen atoms in total. The van der Waals surface area contributed by atoms with Crippen LogP contribution in [0.5, 0.6) is 0 Å². The highest BCUT2D eigenvalue weighted by atomic mass is 16.4. The number of carbonyl (C=O) groups excluding carboxylic acids is 1. The van der Waals surface area contributed by atoms with E-state index in [1.165, 1.54) is 11.6 Å². The predicted octanol–water partition coefficient (Wildman–Crippen LogP) is 2.57. The number of amides is 1. The molecule has 0 spiro atoms. The molecule has 0 saturated heterocycles. The predicted molar refractivity (Wildman–Crippen MR) is 119 cm³/mol. The summed E-state index contributed by atoms with van der Waals surface area (Å²) >= 11 is 0. The third-order valence-electron chi connectivity index (χ3n) is 5.69. The summed E-state index contributed by atoms with van der Waals surface area (Å²) in [5, 5.41) is 15.6. The Labute approximate surface area is 184 Å². The minimum absolute atomic E-state index is 0.0353. The number of aliphatic carboxylic acids is 1. The lowest BCUT2D eigenvalue weighted by atomic mass is 9.98. The first-order chi connectivity index (χ1) is 15.5. The van der Waals surface area contributed by atoms with Gasteiger partial charge < -0.3 is 20.2 Å². The topological polar surface area (TPSA) is 137 Å². The lowest BCUT2D eigenvalue weighted by Crippen LogP contribution is -2.31. The molecule has 1 amide bonds. The van der Waals surface area contributed by atoms with Gasteiger partial charge in [0.25, 0.3) is 0 Å². The molecular weight excluding hydrogens is 412 g/mol. The van der Waals surface area contributed by atoms with Crippen LogP contribution in [0.15, 0.2) is 39.5 Å². The van der Waals surface area contributed by atoms with E-state index < -0.39 is 17.6 Å². The molecule has 0 radical (unpaired) electrons. The molecule has 0 aliphatic carbocycles. The Morgan fingerprint density at radius 2 is 2.09 bits per heavy atom. The SMILES string of the molecule is O=C(CCCCc1ccc2c(n1)NCCC2)NC[C@@H](C(=O)O)c1ccc2[nH]c(=O)oc2c1. The van der Waals surface area contributed by atoms with Gasteiger partial charge in [-0.1, -0.05) is 12.1 Å². The Morgan fingerprint density at radius 3 is 2.94 bits per heavy atom. The fourth-order valence-corrected chi connectivity index (χ4v) is 3.93. The lowest BCUT2D eigenvalue weighted by molar-refractivity contribution is -0.138. The van der Waals surface area contributed by atoms with E-state index in [0.717, 1.165) is 43.7 Å². The maximum atomic E-state index is 12.2. The minimum atomic E-state index is -1.06. The third kappa shape index (κ3) is 5.16. The minimum Gasteiger partial charge on any atom is -0.481 e. The van der Waals surface area contributed by atoms with Crippen LogP contribution in [0.25, 0.3) is 11.1 Å². The van der Waals surface area contributed by atoms with Gasteiger partial charge in [-0.15, -0.1) is 0 Å². The average molecular weight is 438 g/mol. The van der Waals surface area contributed by atoms with Crippen LogP contribution in [0, 0.1) is 0 Å². The maximum Gasteiger partial charge on any atom is 0.417 e. The summed E-state index contributed by atoms with van der Waals surface area (Å²) in [6, 6.07) is 8.89. The molecule has 0 bridgehead atoms.